The number of carbonyl (C=O) groups excluding carboxylic acids is 2. The monoisotopic (exact) mass is 375 g/mol. The van der Waals surface area contributed by atoms with Crippen molar-refractivity contribution in [3.05, 3.63) is 41.7 Å². The number of thioether (sulfide) groups is 1. The predicted octanol–water partition coefficient (Wildman–Crippen LogP) is 1.98. The number of hydrogen-bond donors (Lipinski definition) is 2. The molecule has 2 amide bonds. The van der Waals surface area contributed by atoms with Gasteiger partial charge in [-0.2, -0.15) is 0 Å². The number of benzene rings is 1. The third-order valence-corrected chi connectivity index (χ3v) is 4.99. The highest BCUT2D eigenvalue weighted by Crippen LogP contribution is 2.20. The van der Waals surface area contributed by atoms with Gasteiger partial charge in [-0.15, -0.1) is 10.2 Å². The first kappa shape index (κ1) is 20.0. The molecule has 2 aromatic rings. The summed E-state index contributed by atoms with van der Waals surface area (Å²) in [5.74, 6) is 0.526. The van der Waals surface area contributed by atoms with Crippen LogP contribution in [-0.2, 0) is 23.1 Å². The number of rotatable bonds is 10. The van der Waals surface area contributed by atoms with Crippen LogP contribution in [0.25, 0.3) is 0 Å². The van der Waals surface area contributed by atoms with E-state index >= 15 is 0 Å². The minimum absolute atomic E-state index is 0.0138. The molecule has 0 aliphatic heterocycles. The van der Waals surface area contributed by atoms with Crippen molar-refractivity contribution >= 4 is 23.6 Å². The highest BCUT2D eigenvalue weighted by molar-refractivity contribution is 7.99. The van der Waals surface area contributed by atoms with Gasteiger partial charge in [-0.1, -0.05) is 55.4 Å². The summed E-state index contributed by atoms with van der Waals surface area (Å²) in [5, 5.41) is 11.9. The molecule has 0 aliphatic carbocycles. The summed E-state index contributed by atoms with van der Waals surface area (Å²) in [4.78, 5) is 23.2. The SMILES string of the molecule is CCC[C@@H](NC(=O)CSc1nnc(CCC(N)=O)n1C)c1ccccc1. The zero-order valence-electron chi connectivity index (χ0n) is 15.1. The normalized spacial score (nSPS) is 11.9. The minimum atomic E-state index is -0.371. The Morgan fingerprint density at radius 1 is 1.27 bits per heavy atom. The van der Waals surface area contributed by atoms with Gasteiger partial charge in [0.1, 0.15) is 5.82 Å². The third-order valence-electron chi connectivity index (χ3n) is 3.97. The van der Waals surface area contributed by atoms with Gasteiger partial charge in [0.15, 0.2) is 5.16 Å². The average Bonchev–Trinajstić information content (AvgIpc) is 2.98. The van der Waals surface area contributed by atoms with Gasteiger partial charge in [0.2, 0.25) is 11.8 Å². The Morgan fingerprint density at radius 3 is 2.65 bits per heavy atom. The summed E-state index contributed by atoms with van der Waals surface area (Å²) in [5.41, 5.74) is 6.27. The van der Waals surface area contributed by atoms with Crippen LogP contribution in [0.2, 0.25) is 0 Å². The van der Waals surface area contributed by atoms with Crippen LogP contribution >= 0.6 is 11.8 Å². The minimum Gasteiger partial charge on any atom is -0.370 e. The maximum atomic E-state index is 12.4. The fourth-order valence-corrected chi connectivity index (χ4v) is 3.33. The third kappa shape index (κ3) is 5.87. The number of aromatic nitrogens is 3. The van der Waals surface area contributed by atoms with Crippen molar-refractivity contribution in [2.24, 2.45) is 12.8 Å². The van der Waals surface area contributed by atoms with Gasteiger partial charge in [0.05, 0.1) is 11.8 Å². The molecule has 7 nitrogen and oxygen atoms in total. The van der Waals surface area contributed by atoms with Crippen LogP contribution in [0.5, 0.6) is 0 Å². The molecule has 1 aromatic carbocycles. The molecule has 8 heteroatoms. The topological polar surface area (TPSA) is 103 Å². The van der Waals surface area contributed by atoms with E-state index in [1.807, 2.05) is 37.4 Å². The summed E-state index contributed by atoms with van der Waals surface area (Å²) in [7, 11) is 1.82. The van der Waals surface area contributed by atoms with Gasteiger partial charge >= 0.3 is 0 Å². The first-order valence-electron chi connectivity index (χ1n) is 8.65. The highest BCUT2D eigenvalue weighted by Gasteiger charge is 2.16. The number of primary amides is 1. The van der Waals surface area contributed by atoms with E-state index in [0.717, 1.165) is 18.4 Å². The van der Waals surface area contributed by atoms with Crippen molar-refractivity contribution in [3.8, 4) is 0 Å². The van der Waals surface area contributed by atoms with Crippen LogP contribution < -0.4 is 11.1 Å². The fourth-order valence-electron chi connectivity index (χ4n) is 2.59. The molecule has 140 valence electrons. The number of carbonyl (C=O) groups is 2. The molecule has 1 atom stereocenters. The molecule has 0 unspecified atom stereocenters. The summed E-state index contributed by atoms with van der Waals surface area (Å²) in [6, 6.07) is 10.00. The van der Waals surface area contributed by atoms with E-state index in [4.69, 9.17) is 5.73 Å². The number of nitrogens with two attached hydrogens (primary N) is 1. The number of amides is 2. The Kier molecular flexibility index (Phi) is 7.65. The van der Waals surface area contributed by atoms with Crippen molar-refractivity contribution in [1.82, 2.24) is 20.1 Å². The number of aryl methyl sites for hydroxylation is 1. The van der Waals surface area contributed by atoms with Crippen LogP contribution in [0.15, 0.2) is 35.5 Å². The van der Waals surface area contributed by atoms with Gasteiger partial charge in [0, 0.05) is 19.9 Å². The molecule has 3 N–H and O–H groups in total. The lowest BCUT2D eigenvalue weighted by Gasteiger charge is -2.18. The zero-order chi connectivity index (χ0) is 18.9. The van der Waals surface area contributed by atoms with Crippen LogP contribution in [-0.4, -0.2) is 32.3 Å². The van der Waals surface area contributed by atoms with Crippen molar-refractivity contribution < 1.29 is 9.59 Å². The van der Waals surface area contributed by atoms with Gasteiger partial charge in [-0.25, -0.2) is 0 Å². The van der Waals surface area contributed by atoms with Crippen molar-refractivity contribution in [1.29, 1.82) is 0 Å². The van der Waals surface area contributed by atoms with Crippen LogP contribution in [0.1, 0.15) is 43.6 Å². The number of nitrogens with zero attached hydrogens (tertiary/aromatic N) is 3. The molecule has 26 heavy (non-hydrogen) atoms. The summed E-state index contributed by atoms with van der Waals surface area (Å²) < 4.78 is 1.79. The molecule has 0 saturated carbocycles. The number of hydrogen-bond acceptors (Lipinski definition) is 5. The second-order valence-corrected chi connectivity index (χ2v) is 6.97. The maximum Gasteiger partial charge on any atom is 0.230 e. The fraction of sp³-hybridized carbons (Fsp3) is 0.444. The van der Waals surface area contributed by atoms with E-state index in [2.05, 4.69) is 22.4 Å². The Labute approximate surface area is 157 Å². The smallest absolute Gasteiger partial charge is 0.230 e. The molecular weight excluding hydrogens is 350 g/mol. The lowest BCUT2D eigenvalue weighted by molar-refractivity contribution is -0.119. The lowest BCUT2D eigenvalue weighted by atomic mass is 10.0. The van der Waals surface area contributed by atoms with Gasteiger partial charge in [-0.3, -0.25) is 9.59 Å². The number of nitrogens with one attached hydrogen (secondary N) is 1. The van der Waals surface area contributed by atoms with Crippen molar-refractivity contribution in [2.45, 2.75) is 43.8 Å². The standard InChI is InChI=1S/C18H25N5O2S/c1-3-7-14(13-8-5-4-6-9-13)20-17(25)12-26-18-22-21-16(23(18)2)11-10-15(19)24/h4-6,8-9,14H,3,7,10-12H2,1-2H3,(H2,19,24)(H,20,25)/t14-/m1/s1. The van der Waals surface area contributed by atoms with Gasteiger partial charge in [-0.05, 0) is 12.0 Å². The van der Waals surface area contributed by atoms with Gasteiger partial charge in [0.25, 0.3) is 0 Å². The van der Waals surface area contributed by atoms with Crippen molar-refractivity contribution in [2.75, 3.05) is 5.75 Å². The van der Waals surface area contributed by atoms with E-state index in [1.165, 1.54) is 11.8 Å². The predicted molar refractivity (Wildman–Crippen MR) is 101 cm³/mol. The van der Waals surface area contributed by atoms with E-state index < -0.39 is 0 Å². The first-order chi connectivity index (χ1) is 12.5. The van der Waals surface area contributed by atoms with Crippen LogP contribution in [0, 0.1) is 0 Å². The van der Waals surface area contributed by atoms with Crippen LogP contribution in [0.3, 0.4) is 0 Å². The molecule has 0 spiro atoms. The Morgan fingerprint density at radius 2 is 2.00 bits per heavy atom. The second kappa shape index (κ2) is 9.96. The summed E-state index contributed by atoms with van der Waals surface area (Å²) >= 11 is 1.33. The molecule has 0 radical (unpaired) electrons. The molecule has 0 fully saturated rings. The molecule has 1 aromatic heterocycles. The van der Waals surface area contributed by atoms with E-state index in [0.29, 0.717) is 17.4 Å². The second-order valence-electron chi connectivity index (χ2n) is 6.03. The Bertz CT molecular complexity index is 732. The average molecular weight is 375 g/mol. The molecule has 0 saturated heterocycles. The van der Waals surface area contributed by atoms with Crippen LogP contribution in [0.4, 0.5) is 0 Å². The molecular formula is C18H25N5O2S. The van der Waals surface area contributed by atoms with Gasteiger partial charge < -0.3 is 15.6 Å². The molecule has 1 heterocycles. The lowest BCUT2D eigenvalue weighted by Crippen LogP contribution is -2.30. The molecule has 2 rings (SSSR count). The molecule has 0 aliphatic rings. The zero-order valence-corrected chi connectivity index (χ0v) is 16.0. The summed E-state index contributed by atoms with van der Waals surface area (Å²) in [6.07, 6.45) is 2.55. The first-order valence-corrected chi connectivity index (χ1v) is 9.63. The maximum absolute atomic E-state index is 12.4. The summed E-state index contributed by atoms with van der Waals surface area (Å²) in [6.45, 7) is 2.10. The Balaban J connectivity index is 1.90. The van der Waals surface area contributed by atoms with E-state index in [1.54, 1.807) is 4.57 Å². The Hall–Kier alpha value is -2.35. The highest BCUT2D eigenvalue weighted by atomic mass is 32.2. The molecule has 0 bridgehead atoms. The van der Waals surface area contributed by atoms with Crippen molar-refractivity contribution in [3.63, 3.8) is 0 Å². The quantitative estimate of drug-likeness (QED) is 0.618. The van der Waals surface area contributed by atoms with E-state index in [-0.39, 0.29) is 30.0 Å². The van der Waals surface area contributed by atoms with E-state index in [9.17, 15) is 9.59 Å². The largest absolute Gasteiger partial charge is 0.370 e.